The van der Waals surface area contributed by atoms with E-state index in [4.69, 9.17) is 21.6 Å². The number of hydrogen-bond acceptors (Lipinski definition) is 8. The number of nitrogens with zero attached hydrogens (tertiary/aromatic N) is 4. The number of carbonyl (C=O) groups excluding carboxylic acids is 2. The van der Waals surface area contributed by atoms with Crippen molar-refractivity contribution in [3.63, 3.8) is 0 Å². The van der Waals surface area contributed by atoms with Gasteiger partial charge in [-0.2, -0.15) is 0 Å². The smallest absolute Gasteiger partial charge is 0.272 e. The van der Waals surface area contributed by atoms with Crippen molar-refractivity contribution in [2.24, 2.45) is 5.41 Å². The molecule has 190 valence electrons. The van der Waals surface area contributed by atoms with Crippen LogP contribution >= 0.6 is 11.6 Å². The van der Waals surface area contributed by atoms with Crippen LogP contribution in [0.15, 0.2) is 36.4 Å². The van der Waals surface area contributed by atoms with E-state index in [1.807, 2.05) is 20.8 Å². The molecule has 1 heterocycles. The number of fused-ring (bicyclic) bond motifs is 6. The summed E-state index contributed by atoms with van der Waals surface area (Å²) in [5.74, 6) is -1.28. The maximum atomic E-state index is 13.8. The summed E-state index contributed by atoms with van der Waals surface area (Å²) < 4.78 is 0. The number of non-ortho nitro benzene ring substituents is 1. The first kappa shape index (κ1) is 24.5. The van der Waals surface area contributed by atoms with Gasteiger partial charge in [-0.3, -0.25) is 40.7 Å². The van der Waals surface area contributed by atoms with Crippen LogP contribution in [-0.2, 0) is 15.6 Å². The maximum Gasteiger partial charge on any atom is 0.288 e. The van der Waals surface area contributed by atoms with E-state index in [1.165, 1.54) is 24.3 Å². The molecule has 2 aromatic carbocycles. The number of nitro groups is 2. The minimum atomic E-state index is -1.18. The molecule has 1 aromatic heterocycles. The Hall–Kier alpha value is -4.19. The average molecular weight is 525 g/mol. The van der Waals surface area contributed by atoms with Gasteiger partial charge in [0.1, 0.15) is 10.4 Å². The third kappa shape index (κ3) is 3.21. The molecular weight excluding hydrogens is 504 g/mol. The monoisotopic (exact) mass is 524 g/mol. The Morgan fingerprint density at radius 1 is 0.919 bits per heavy atom. The van der Waals surface area contributed by atoms with Gasteiger partial charge in [0.05, 0.1) is 32.3 Å². The molecule has 0 aliphatic heterocycles. The third-order valence-corrected chi connectivity index (χ3v) is 8.63. The molecule has 3 aromatic rings. The molecule has 2 aliphatic carbocycles. The Labute approximate surface area is 214 Å². The summed E-state index contributed by atoms with van der Waals surface area (Å²) in [6, 6.07) is 7.79. The normalized spacial score (nSPS) is 22.9. The molecule has 2 unspecified atom stereocenters. The highest BCUT2D eigenvalue weighted by Crippen LogP contribution is 2.70. The van der Waals surface area contributed by atoms with Crippen molar-refractivity contribution in [1.82, 2.24) is 20.8 Å². The fourth-order valence-electron chi connectivity index (χ4n) is 5.79. The first-order valence-electron chi connectivity index (χ1n) is 11.4. The van der Waals surface area contributed by atoms with E-state index >= 15 is 0 Å². The minimum Gasteiger partial charge on any atom is -0.272 e. The maximum absolute atomic E-state index is 13.8. The summed E-state index contributed by atoms with van der Waals surface area (Å²) in [5.41, 5.74) is 3.68. The Balaban J connectivity index is 1.52. The molecule has 5 rings (SSSR count). The summed E-state index contributed by atoms with van der Waals surface area (Å²) in [6.07, 6.45) is 1.07. The van der Waals surface area contributed by atoms with Crippen LogP contribution in [0.25, 0.3) is 11.0 Å². The second kappa shape index (κ2) is 7.90. The zero-order valence-electron chi connectivity index (χ0n) is 20.0. The molecule has 2 amide bonds. The predicted octanol–water partition coefficient (Wildman–Crippen LogP) is 3.89. The molecule has 37 heavy (non-hydrogen) atoms. The molecule has 2 bridgehead atoms. The van der Waals surface area contributed by atoms with Crippen LogP contribution in [0, 0.1) is 25.6 Å². The number of nitro benzene ring substituents is 2. The van der Waals surface area contributed by atoms with Gasteiger partial charge in [0.25, 0.3) is 23.2 Å². The first-order chi connectivity index (χ1) is 17.3. The minimum absolute atomic E-state index is 0.0608. The number of nitrogens with one attached hydrogen (secondary N) is 2. The van der Waals surface area contributed by atoms with Crippen LogP contribution in [-0.4, -0.2) is 31.6 Å². The lowest BCUT2D eigenvalue weighted by Crippen LogP contribution is -2.55. The molecule has 12 nitrogen and oxygen atoms in total. The topological polar surface area (TPSA) is 170 Å². The van der Waals surface area contributed by atoms with E-state index in [-0.39, 0.29) is 16.3 Å². The Bertz CT molecular complexity index is 1560. The molecular formula is C24H21ClN6O6. The SMILES string of the molecule is CC12CCC(C(=O)NNC(=O)c3ccc(Cl)c([N+](=O)[O-])c3)(c3nc4cc([N+](=O)[O-])ccc4nc31)C2(C)C. The number of hydrazine groups is 1. The van der Waals surface area contributed by atoms with Gasteiger partial charge < -0.3 is 0 Å². The largest absolute Gasteiger partial charge is 0.288 e. The fourth-order valence-corrected chi connectivity index (χ4v) is 5.98. The molecule has 1 saturated carbocycles. The van der Waals surface area contributed by atoms with Gasteiger partial charge in [0.15, 0.2) is 0 Å². The van der Waals surface area contributed by atoms with Crippen molar-refractivity contribution in [2.75, 3.05) is 0 Å². The Morgan fingerprint density at radius 3 is 2.30 bits per heavy atom. The molecule has 2 N–H and O–H groups in total. The Kier molecular flexibility index (Phi) is 5.23. The number of benzene rings is 2. The van der Waals surface area contributed by atoms with E-state index in [0.717, 1.165) is 6.07 Å². The summed E-state index contributed by atoms with van der Waals surface area (Å²) in [4.78, 5) is 57.2. The van der Waals surface area contributed by atoms with Crippen molar-refractivity contribution >= 4 is 45.8 Å². The number of hydrogen-bond donors (Lipinski definition) is 2. The summed E-state index contributed by atoms with van der Waals surface area (Å²) >= 11 is 5.82. The quantitative estimate of drug-likeness (QED) is 0.382. The van der Waals surface area contributed by atoms with E-state index in [1.54, 1.807) is 6.07 Å². The van der Waals surface area contributed by atoms with Crippen molar-refractivity contribution in [2.45, 2.75) is 44.4 Å². The van der Waals surface area contributed by atoms with Gasteiger partial charge in [0.2, 0.25) is 0 Å². The van der Waals surface area contributed by atoms with E-state index in [9.17, 15) is 29.8 Å². The van der Waals surface area contributed by atoms with Crippen molar-refractivity contribution in [3.05, 3.63) is 78.6 Å². The molecule has 0 radical (unpaired) electrons. The number of carbonyl (C=O) groups is 2. The van der Waals surface area contributed by atoms with Crippen molar-refractivity contribution in [1.29, 1.82) is 0 Å². The number of amides is 2. The molecule has 0 saturated heterocycles. The van der Waals surface area contributed by atoms with Crippen molar-refractivity contribution in [3.8, 4) is 0 Å². The molecule has 1 fully saturated rings. The molecule has 2 atom stereocenters. The van der Waals surface area contributed by atoms with E-state index in [2.05, 4.69) is 10.9 Å². The molecule has 2 aliphatic rings. The third-order valence-electron chi connectivity index (χ3n) is 8.31. The number of aromatic nitrogens is 2. The molecule has 13 heteroatoms. The zero-order chi connectivity index (χ0) is 26.9. The fraction of sp³-hybridized carbons (Fsp3) is 0.333. The van der Waals surface area contributed by atoms with Crippen molar-refractivity contribution < 1.29 is 19.4 Å². The van der Waals surface area contributed by atoms with Crippen LogP contribution in [0.4, 0.5) is 11.4 Å². The highest BCUT2D eigenvalue weighted by atomic mass is 35.5. The van der Waals surface area contributed by atoms with Gasteiger partial charge in [0, 0.05) is 29.2 Å². The van der Waals surface area contributed by atoms with Gasteiger partial charge in [-0.1, -0.05) is 32.4 Å². The lowest BCUT2D eigenvalue weighted by Gasteiger charge is -2.39. The second-order valence-corrected chi connectivity index (χ2v) is 10.5. The predicted molar refractivity (Wildman–Crippen MR) is 132 cm³/mol. The first-order valence-corrected chi connectivity index (χ1v) is 11.7. The van der Waals surface area contributed by atoms with Crippen LogP contribution in [0.3, 0.4) is 0 Å². The van der Waals surface area contributed by atoms with E-state index < -0.39 is 43.6 Å². The number of halogens is 1. The van der Waals surface area contributed by atoms with E-state index in [0.29, 0.717) is 35.3 Å². The van der Waals surface area contributed by atoms with Gasteiger partial charge in [-0.25, -0.2) is 9.97 Å². The average Bonchev–Trinajstić information content (AvgIpc) is 3.15. The molecule has 0 spiro atoms. The highest BCUT2D eigenvalue weighted by molar-refractivity contribution is 6.32. The van der Waals surface area contributed by atoms with Crippen LogP contribution in [0.1, 0.15) is 55.4 Å². The van der Waals surface area contributed by atoms with Crippen LogP contribution < -0.4 is 10.9 Å². The van der Waals surface area contributed by atoms with Gasteiger partial charge >= 0.3 is 0 Å². The standard InChI is InChI=1S/C24H21ClN6O6/c1-22(2)23(3)8-9-24(22,19-18(23)26-15-7-5-13(30(34)35)11-16(15)27-19)21(33)29-28-20(32)12-4-6-14(25)17(10-12)31(36)37/h4-7,10-11H,8-9H2,1-3H3,(H,28,32)(H,29,33). The lowest BCUT2D eigenvalue weighted by molar-refractivity contribution is -0.384. The summed E-state index contributed by atoms with van der Waals surface area (Å²) in [5, 5.41) is 22.3. The number of rotatable bonds is 4. The second-order valence-electron chi connectivity index (χ2n) is 10.0. The van der Waals surface area contributed by atoms with Gasteiger partial charge in [-0.15, -0.1) is 0 Å². The van der Waals surface area contributed by atoms with Gasteiger partial charge in [-0.05, 0) is 36.5 Å². The summed E-state index contributed by atoms with van der Waals surface area (Å²) in [6.45, 7) is 5.91. The van der Waals surface area contributed by atoms with Crippen LogP contribution in [0.5, 0.6) is 0 Å². The highest BCUT2D eigenvalue weighted by Gasteiger charge is 2.73. The Morgan fingerprint density at radius 2 is 1.62 bits per heavy atom. The zero-order valence-corrected chi connectivity index (χ0v) is 20.8. The van der Waals surface area contributed by atoms with Crippen LogP contribution in [0.2, 0.25) is 5.02 Å². The lowest BCUT2D eigenvalue weighted by atomic mass is 9.63. The summed E-state index contributed by atoms with van der Waals surface area (Å²) in [7, 11) is 0.